The van der Waals surface area contributed by atoms with Crippen molar-refractivity contribution in [3.8, 4) is 11.1 Å². The molecule has 2 N–H and O–H groups in total. The Labute approximate surface area is 219 Å². The Hall–Kier alpha value is -2.80. The normalized spacial score (nSPS) is 14.2. The minimum Gasteiger partial charge on any atom is -0.480 e. The van der Waals surface area contributed by atoms with E-state index < -0.39 is 12.0 Å². The molecule has 1 atom stereocenters. The minimum absolute atomic E-state index is 0.348. The number of aliphatic carboxylic acids is 1. The van der Waals surface area contributed by atoms with Crippen LogP contribution in [0.3, 0.4) is 0 Å². The van der Waals surface area contributed by atoms with E-state index in [1.54, 1.807) is 22.7 Å². The number of amides is 2. The molecular formula is C29H40N2O4S. The van der Waals surface area contributed by atoms with Crippen molar-refractivity contribution in [2.24, 2.45) is 0 Å². The summed E-state index contributed by atoms with van der Waals surface area (Å²) in [6.45, 7) is 4.08. The number of carboxylic acid groups (broad SMARTS) is 1. The molecule has 6 nitrogen and oxygen atoms in total. The van der Waals surface area contributed by atoms with Gasteiger partial charge in [0.05, 0.1) is 0 Å². The van der Waals surface area contributed by atoms with Gasteiger partial charge in [-0.1, -0.05) is 62.6 Å². The summed E-state index contributed by atoms with van der Waals surface area (Å²) in [5.74, 6) is -0.675. The van der Waals surface area contributed by atoms with Gasteiger partial charge in [0.1, 0.15) is 6.04 Å². The number of carboxylic acids is 1. The lowest BCUT2D eigenvalue weighted by molar-refractivity contribution is -0.139. The van der Waals surface area contributed by atoms with Gasteiger partial charge in [-0.25, -0.2) is 4.79 Å². The molecule has 0 spiro atoms. The summed E-state index contributed by atoms with van der Waals surface area (Å²) in [7, 11) is 1.88. The number of carbonyl (C=O) groups is 3. The van der Waals surface area contributed by atoms with Crippen molar-refractivity contribution < 1.29 is 19.5 Å². The van der Waals surface area contributed by atoms with E-state index in [4.69, 9.17) is 0 Å². The van der Waals surface area contributed by atoms with E-state index in [-0.39, 0.29) is 5.91 Å². The minimum atomic E-state index is -1.00. The van der Waals surface area contributed by atoms with Crippen LogP contribution in [0, 0.1) is 6.92 Å². The molecule has 2 amide bonds. The molecule has 0 saturated heterocycles. The third-order valence-corrected chi connectivity index (χ3v) is 7.35. The Morgan fingerprint density at radius 1 is 1.14 bits per heavy atom. The van der Waals surface area contributed by atoms with Crippen LogP contribution in [0.2, 0.25) is 0 Å². The zero-order valence-corrected chi connectivity index (χ0v) is 22.8. The lowest BCUT2D eigenvalue weighted by Crippen LogP contribution is -2.41. The van der Waals surface area contributed by atoms with E-state index in [2.05, 4.69) is 12.2 Å². The fourth-order valence-electron chi connectivity index (χ4n) is 4.41. The maximum absolute atomic E-state index is 12.8. The maximum Gasteiger partial charge on any atom is 0.326 e. The molecule has 0 heterocycles. The van der Waals surface area contributed by atoms with E-state index in [1.807, 2.05) is 56.6 Å². The number of thioether (sulfide) groups is 1. The van der Waals surface area contributed by atoms with Crippen molar-refractivity contribution in [2.45, 2.75) is 70.9 Å². The van der Waals surface area contributed by atoms with Gasteiger partial charge in [-0.15, -0.1) is 0 Å². The number of hydrogen-bond donors (Lipinski definition) is 2. The molecule has 2 aromatic carbocycles. The van der Waals surface area contributed by atoms with Crippen LogP contribution in [0.5, 0.6) is 0 Å². The standard InChI is InChI=1S/C21H25NO3S.C8H15NO/c1-4-15-9-10-17(18(13-15)16-8-6-5-7-14(16)2)20(23)22-19(21(24)25)11-12-26-3;1-9(7-10)8-5-3-2-4-6-8/h5-10,13,19H,4,11-12H2,1-3H3,(H,22,23)(H,24,25);7-8H,2-6H2,1H3. The second-order valence-electron chi connectivity index (χ2n) is 9.26. The summed E-state index contributed by atoms with van der Waals surface area (Å²) in [6, 6.07) is 13.3. The Bertz CT molecular complexity index is 1000. The van der Waals surface area contributed by atoms with Gasteiger partial charge in [0.2, 0.25) is 6.41 Å². The smallest absolute Gasteiger partial charge is 0.326 e. The third-order valence-electron chi connectivity index (χ3n) is 6.70. The largest absolute Gasteiger partial charge is 0.480 e. The van der Waals surface area contributed by atoms with Crippen LogP contribution in [-0.2, 0) is 16.0 Å². The summed E-state index contributed by atoms with van der Waals surface area (Å²) in [6.07, 6.45) is 10.5. The SMILES string of the molecule is CCc1ccc(C(=O)NC(CCSC)C(=O)O)c(-c2ccccc2C)c1.CN(C=O)C1CCCCC1. The summed E-state index contributed by atoms with van der Waals surface area (Å²) >= 11 is 1.56. The molecule has 1 unspecified atom stereocenters. The highest BCUT2D eigenvalue weighted by atomic mass is 32.2. The van der Waals surface area contributed by atoms with Gasteiger partial charge < -0.3 is 15.3 Å². The zero-order valence-electron chi connectivity index (χ0n) is 22.0. The molecule has 196 valence electrons. The first-order chi connectivity index (χ1) is 17.3. The quantitative estimate of drug-likeness (QED) is 0.407. The fraction of sp³-hybridized carbons (Fsp3) is 0.483. The van der Waals surface area contributed by atoms with E-state index in [1.165, 1.54) is 32.1 Å². The third kappa shape index (κ3) is 8.70. The monoisotopic (exact) mass is 512 g/mol. The predicted molar refractivity (Wildman–Crippen MR) is 149 cm³/mol. The molecule has 2 aromatic rings. The number of hydrogen-bond acceptors (Lipinski definition) is 4. The zero-order chi connectivity index (χ0) is 26.5. The fourth-order valence-corrected chi connectivity index (χ4v) is 4.88. The Balaban J connectivity index is 0.000000380. The topological polar surface area (TPSA) is 86.7 Å². The summed E-state index contributed by atoms with van der Waals surface area (Å²) in [5, 5.41) is 12.1. The Morgan fingerprint density at radius 2 is 1.83 bits per heavy atom. The Kier molecular flexibility index (Phi) is 12.5. The van der Waals surface area contributed by atoms with Gasteiger partial charge in [0, 0.05) is 18.7 Å². The van der Waals surface area contributed by atoms with Crippen LogP contribution < -0.4 is 5.32 Å². The first kappa shape index (κ1) is 29.4. The number of rotatable bonds is 10. The predicted octanol–water partition coefficient (Wildman–Crippen LogP) is 5.57. The molecule has 36 heavy (non-hydrogen) atoms. The molecule has 0 aromatic heterocycles. The maximum atomic E-state index is 12.8. The van der Waals surface area contributed by atoms with Gasteiger partial charge in [0.25, 0.3) is 5.91 Å². The van der Waals surface area contributed by atoms with Gasteiger partial charge in [-0.3, -0.25) is 9.59 Å². The van der Waals surface area contributed by atoms with E-state index in [0.29, 0.717) is 23.8 Å². The first-order valence-electron chi connectivity index (χ1n) is 12.7. The summed E-state index contributed by atoms with van der Waals surface area (Å²) in [5.41, 5.74) is 4.55. The van der Waals surface area contributed by atoms with Crippen LogP contribution in [0.4, 0.5) is 0 Å². The van der Waals surface area contributed by atoms with Gasteiger partial charge in [-0.2, -0.15) is 11.8 Å². The van der Waals surface area contributed by atoms with Crippen molar-refractivity contribution >= 4 is 30.0 Å². The molecule has 3 rings (SSSR count). The Morgan fingerprint density at radius 3 is 2.42 bits per heavy atom. The second kappa shape index (κ2) is 15.3. The molecule has 0 bridgehead atoms. The van der Waals surface area contributed by atoms with E-state index >= 15 is 0 Å². The highest BCUT2D eigenvalue weighted by molar-refractivity contribution is 7.98. The number of benzene rings is 2. The van der Waals surface area contributed by atoms with Gasteiger partial charge in [0.15, 0.2) is 0 Å². The number of aryl methyl sites for hydroxylation is 2. The molecule has 1 aliphatic rings. The molecular weight excluding hydrogens is 472 g/mol. The van der Waals surface area contributed by atoms with Crippen molar-refractivity contribution in [3.05, 3.63) is 59.2 Å². The second-order valence-corrected chi connectivity index (χ2v) is 10.2. The number of nitrogens with one attached hydrogen (secondary N) is 1. The average Bonchev–Trinajstić information content (AvgIpc) is 2.91. The van der Waals surface area contributed by atoms with Crippen molar-refractivity contribution in [2.75, 3.05) is 19.1 Å². The van der Waals surface area contributed by atoms with Crippen molar-refractivity contribution in [3.63, 3.8) is 0 Å². The van der Waals surface area contributed by atoms with Crippen LogP contribution in [0.15, 0.2) is 42.5 Å². The van der Waals surface area contributed by atoms with Crippen LogP contribution in [-0.4, -0.2) is 59.4 Å². The summed E-state index contributed by atoms with van der Waals surface area (Å²) in [4.78, 5) is 36.4. The van der Waals surface area contributed by atoms with Crippen molar-refractivity contribution in [1.29, 1.82) is 0 Å². The van der Waals surface area contributed by atoms with Crippen LogP contribution in [0.25, 0.3) is 11.1 Å². The van der Waals surface area contributed by atoms with Crippen molar-refractivity contribution in [1.82, 2.24) is 10.2 Å². The lowest BCUT2D eigenvalue weighted by atomic mass is 9.93. The van der Waals surface area contributed by atoms with E-state index in [9.17, 15) is 19.5 Å². The molecule has 1 saturated carbocycles. The lowest BCUT2D eigenvalue weighted by Gasteiger charge is -2.27. The summed E-state index contributed by atoms with van der Waals surface area (Å²) < 4.78 is 0. The van der Waals surface area contributed by atoms with E-state index in [0.717, 1.165) is 35.1 Å². The molecule has 1 fully saturated rings. The average molecular weight is 513 g/mol. The molecule has 0 radical (unpaired) electrons. The number of nitrogens with zero attached hydrogens (tertiary/aromatic N) is 1. The van der Waals surface area contributed by atoms with Gasteiger partial charge in [-0.05, 0) is 72.9 Å². The highest BCUT2D eigenvalue weighted by Gasteiger charge is 2.22. The van der Waals surface area contributed by atoms with Gasteiger partial charge >= 0.3 is 5.97 Å². The van der Waals surface area contributed by atoms with Crippen LogP contribution >= 0.6 is 11.8 Å². The molecule has 0 aliphatic heterocycles. The first-order valence-corrected chi connectivity index (χ1v) is 14.1. The number of carbonyl (C=O) groups excluding carboxylic acids is 2. The molecule has 1 aliphatic carbocycles. The van der Waals surface area contributed by atoms with Crippen LogP contribution in [0.1, 0.15) is 66.9 Å². The highest BCUT2D eigenvalue weighted by Crippen LogP contribution is 2.28. The molecule has 7 heteroatoms.